The third kappa shape index (κ3) is 7.85. The van der Waals surface area contributed by atoms with E-state index in [4.69, 9.17) is 4.74 Å². The Labute approximate surface area is 239 Å². The lowest BCUT2D eigenvalue weighted by Crippen LogP contribution is -2.45. The lowest BCUT2D eigenvalue weighted by molar-refractivity contribution is -0.870. The smallest absolute Gasteiger partial charge is 0.308 e. The number of amides is 1. The molecule has 3 atom stereocenters. The van der Waals surface area contributed by atoms with Crippen LogP contribution in [0.15, 0.2) is 36.9 Å². The first-order chi connectivity index (χ1) is 19.2. The fourth-order valence-electron chi connectivity index (χ4n) is 6.20. The minimum Gasteiger partial charge on any atom is -0.493 e. The molecule has 2 aliphatic rings. The van der Waals surface area contributed by atoms with Crippen LogP contribution in [0.25, 0.3) is 0 Å². The van der Waals surface area contributed by atoms with Crippen LogP contribution in [0, 0.1) is 5.92 Å². The summed E-state index contributed by atoms with van der Waals surface area (Å²) in [5.74, 6) is -0.564. The number of aliphatic carboxylic acids is 1. The highest BCUT2D eigenvalue weighted by atomic mass is 16.5. The van der Waals surface area contributed by atoms with Crippen molar-refractivity contribution in [3.8, 4) is 5.75 Å². The maximum absolute atomic E-state index is 13.7. The van der Waals surface area contributed by atoms with Crippen LogP contribution in [0.2, 0.25) is 0 Å². The molecule has 9 heteroatoms. The molecule has 0 bridgehead atoms. The number of carboxylic acids is 1. The van der Waals surface area contributed by atoms with Crippen molar-refractivity contribution in [3.63, 3.8) is 0 Å². The van der Waals surface area contributed by atoms with Crippen LogP contribution in [0.4, 0.5) is 0 Å². The zero-order valence-corrected chi connectivity index (χ0v) is 24.8. The number of nitrogens with zero attached hydrogens (tertiary/aromatic N) is 5. The Bertz CT molecular complexity index is 1110. The number of quaternary nitrogens is 1. The van der Waals surface area contributed by atoms with E-state index in [-0.39, 0.29) is 24.4 Å². The molecule has 1 saturated heterocycles. The number of benzene rings is 1. The molecule has 0 aliphatic carbocycles. The molecule has 3 unspecified atom stereocenters. The number of carbonyl (C=O) groups is 2. The van der Waals surface area contributed by atoms with Gasteiger partial charge in [-0.2, -0.15) is 0 Å². The predicted molar refractivity (Wildman–Crippen MR) is 155 cm³/mol. The topological polar surface area (TPSA) is 87.9 Å². The monoisotopic (exact) mass is 554 g/mol. The van der Waals surface area contributed by atoms with Crippen molar-refractivity contribution in [2.75, 3.05) is 60.5 Å². The molecule has 2 aromatic rings. The molecule has 2 aliphatic heterocycles. The first-order valence-electron chi connectivity index (χ1n) is 14.9. The molecule has 9 nitrogen and oxygen atoms in total. The summed E-state index contributed by atoms with van der Waals surface area (Å²) in [6.07, 6.45) is 11.0. The summed E-state index contributed by atoms with van der Waals surface area (Å²) in [5.41, 5.74) is 2.17. The van der Waals surface area contributed by atoms with Crippen molar-refractivity contribution in [2.24, 2.45) is 5.92 Å². The Kier molecular flexibility index (Phi) is 10.2. The number of carbonyl (C=O) groups excluding carboxylic acids is 1. The summed E-state index contributed by atoms with van der Waals surface area (Å²) in [6.45, 7) is 6.87. The van der Waals surface area contributed by atoms with Gasteiger partial charge in [0.2, 0.25) is 5.91 Å². The minimum atomic E-state index is -0.796. The highest BCUT2D eigenvalue weighted by Crippen LogP contribution is 2.41. The van der Waals surface area contributed by atoms with E-state index in [1.54, 1.807) is 12.5 Å². The lowest BCUT2D eigenvalue weighted by Gasteiger charge is -2.30. The van der Waals surface area contributed by atoms with Gasteiger partial charge in [-0.15, -0.1) is 0 Å². The number of aromatic nitrogens is 2. The molecule has 0 radical (unpaired) electrons. The second-order valence-electron chi connectivity index (χ2n) is 12.5. The molecule has 1 aromatic carbocycles. The number of ether oxygens (including phenoxy) is 1. The molecule has 1 fully saturated rings. The van der Waals surface area contributed by atoms with Crippen molar-refractivity contribution in [2.45, 2.75) is 64.0 Å². The highest BCUT2D eigenvalue weighted by Gasteiger charge is 2.47. The third-order valence-electron chi connectivity index (χ3n) is 8.40. The number of fused-ring (bicyclic) bond motifs is 1. The van der Waals surface area contributed by atoms with Crippen LogP contribution in [0.5, 0.6) is 5.75 Å². The first-order valence-corrected chi connectivity index (χ1v) is 14.9. The molecule has 40 heavy (non-hydrogen) atoms. The van der Waals surface area contributed by atoms with Crippen LogP contribution in [0.3, 0.4) is 0 Å². The Morgan fingerprint density at radius 2 is 1.98 bits per heavy atom. The Morgan fingerprint density at radius 3 is 2.67 bits per heavy atom. The molecule has 1 N–H and O–H groups in total. The number of likely N-dealkylation sites (tertiary alicyclic amines) is 1. The van der Waals surface area contributed by atoms with Crippen LogP contribution in [-0.4, -0.2) is 107 Å². The normalized spacial score (nSPS) is 20.9. The van der Waals surface area contributed by atoms with E-state index in [0.717, 1.165) is 73.1 Å². The second-order valence-corrected chi connectivity index (χ2v) is 12.5. The maximum atomic E-state index is 13.7. The molecule has 1 amide bonds. The minimum absolute atomic E-state index is 0.110. The third-order valence-corrected chi connectivity index (χ3v) is 8.40. The Balaban J connectivity index is 1.52. The van der Waals surface area contributed by atoms with Gasteiger partial charge in [0, 0.05) is 57.0 Å². The zero-order valence-electron chi connectivity index (χ0n) is 24.8. The summed E-state index contributed by atoms with van der Waals surface area (Å²) in [5, 5.41) is 10.5. The van der Waals surface area contributed by atoms with E-state index >= 15 is 0 Å². The average molecular weight is 555 g/mol. The van der Waals surface area contributed by atoms with Crippen molar-refractivity contribution in [1.82, 2.24) is 19.4 Å². The first kappa shape index (κ1) is 30.1. The fourth-order valence-corrected chi connectivity index (χ4v) is 6.20. The largest absolute Gasteiger partial charge is 0.493 e. The second kappa shape index (κ2) is 13.6. The van der Waals surface area contributed by atoms with Crippen molar-refractivity contribution < 1.29 is 23.9 Å². The van der Waals surface area contributed by atoms with E-state index in [2.05, 4.69) is 44.0 Å². The SMILES string of the molecule is CCCCN(CCCC[N+](C)(C)C)C(=O)CN1CC(c2ccc3c(c2)CCO3)C(C(=O)O)C1CCn1ccnc1. The zero-order chi connectivity index (χ0) is 28.7. The van der Waals surface area contributed by atoms with E-state index in [0.29, 0.717) is 26.1 Å². The number of rotatable bonds is 15. The van der Waals surface area contributed by atoms with Gasteiger partial charge in [-0.25, -0.2) is 4.98 Å². The van der Waals surface area contributed by atoms with Crippen molar-refractivity contribution >= 4 is 11.9 Å². The Hall–Kier alpha value is -2.91. The van der Waals surface area contributed by atoms with E-state index in [1.807, 2.05) is 27.8 Å². The molecule has 220 valence electrons. The quantitative estimate of drug-likeness (QED) is 0.268. The Morgan fingerprint density at radius 1 is 1.18 bits per heavy atom. The summed E-state index contributed by atoms with van der Waals surface area (Å²) >= 11 is 0. The number of hydrogen-bond acceptors (Lipinski definition) is 5. The maximum Gasteiger partial charge on any atom is 0.308 e. The van der Waals surface area contributed by atoms with Gasteiger partial charge in [-0.05, 0) is 42.9 Å². The predicted octanol–water partition coefficient (Wildman–Crippen LogP) is 3.49. The fraction of sp³-hybridized carbons (Fsp3) is 0.645. The van der Waals surface area contributed by atoms with Crippen LogP contribution in [-0.2, 0) is 22.6 Å². The molecular formula is C31H48N5O4+. The van der Waals surface area contributed by atoms with Gasteiger partial charge in [0.15, 0.2) is 0 Å². The number of unbranched alkanes of at least 4 members (excludes halogenated alkanes) is 2. The van der Waals surface area contributed by atoms with E-state index in [9.17, 15) is 14.7 Å². The summed E-state index contributed by atoms with van der Waals surface area (Å²) in [7, 11) is 6.59. The highest BCUT2D eigenvalue weighted by molar-refractivity contribution is 5.79. The summed E-state index contributed by atoms with van der Waals surface area (Å²) < 4.78 is 8.60. The molecule has 1 aromatic heterocycles. The molecule has 0 saturated carbocycles. The van der Waals surface area contributed by atoms with Crippen LogP contribution < -0.4 is 4.74 Å². The van der Waals surface area contributed by atoms with Crippen molar-refractivity contribution in [3.05, 3.63) is 48.0 Å². The van der Waals surface area contributed by atoms with Gasteiger partial charge in [0.05, 0.1) is 53.1 Å². The number of aryl methyl sites for hydroxylation is 1. The van der Waals surface area contributed by atoms with Gasteiger partial charge in [-0.3, -0.25) is 14.5 Å². The van der Waals surface area contributed by atoms with Gasteiger partial charge in [0.1, 0.15) is 5.75 Å². The standard InChI is InChI=1S/C31H47N5O4/c1-5-6-14-34(15-7-8-18-36(2,3)4)29(37)22-35-21-26(24-9-10-28-25(20-24)12-19-40-28)30(31(38)39)27(35)11-16-33-17-13-32-23-33/h9-10,13,17,20,23,26-27,30H,5-8,11-12,14-16,18-19,21-22H2,1-4H3/p+1. The van der Waals surface area contributed by atoms with Gasteiger partial charge >= 0.3 is 5.97 Å². The molecule has 3 heterocycles. The van der Waals surface area contributed by atoms with Crippen LogP contribution >= 0.6 is 0 Å². The van der Waals surface area contributed by atoms with Gasteiger partial charge in [0.25, 0.3) is 0 Å². The van der Waals surface area contributed by atoms with E-state index in [1.165, 1.54) is 0 Å². The molecular weight excluding hydrogens is 506 g/mol. The summed E-state index contributed by atoms with van der Waals surface area (Å²) in [4.78, 5) is 34.8. The number of imidazole rings is 1. The van der Waals surface area contributed by atoms with Crippen LogP contribution in [0.1, 0.15) is 56.1 Å². The summed E-state index contributed by atoms with van der Waals surface area (Å²) in [6, 6.07) is 5.88. The lowest BCUT2D eigenvalue weighted by atomic mass is 9.83. The van der Waals surface area contributed by atoms with E-state index < -0.39 is 11.9 Å². The number of hydrogen-bond donors (Lipinski definition) is 1. The molecule has 0 spiro atoms. The van der Waals surface area contributed by atoms with Gasteiger partial charge in [-0.1, -0.05) is 25.5 Å². The van der Waals surface area contributed by atoms with Gasteiger partial charge < -0.3 is 23.8 Å². The molecule has 4 rings (SSSR count). The average Bonchev–Trinajstić information content (AvgIpc) is 3.66. The number of carboxylic acid groups (broad SMARTS) is 1. The van der Waals surface area contributed by atoms with Crippen molar-refractivity contribution in [1.29, 1.82) is 0 Å².